The Hall–Kier alpha value is -2.90. The van der Waals surface area contributed by atoms with Gasteiger partial charge in [-0.1, -0.05) is 26.0 Å². The van der Waals surface area contributed by atoms with Crippen molar-refractivity contribution in [2.24, 2.45) is 5.92 Å². The summed E-state index contributed by atoms with van der Waals surface area (Å²) in [6, 6.07) is 5.37. The lowest BCUT2D eigenvalue weighted by Gasteiger charge is -2.20. The maximum atomic E-state index is 12.6. The fourth-order valence-electron chi connectivity index (χ4n) is 2.51. The second-order valence-corrected chi connectivity index (χ2v) is 5.89. The molecule has 0 bridgehead atoms. The average molecular weight is 332 g/mol. The Morgan fingerprint density at radius 2 is 1.92 bits per heavy atom. The maximum Gasteiger partial charge on any atom is 0.329 e. The van der Waals surface area contributed by atoms with E-state index in [2.05, 4.69) is 10.3 Å². The Morgan fingerprint density at radius 3 is 2.54 bits per heavy atom. The van der Waals surface area contributed by atoms with E-state index < -0.39 is 35.7 Å². The number of hydrogen-bond donors (Lipinski definition) is 2. The third-order valence-corrected chi connectivity index (χ3v) is 3.55. The predicted molar refractivity (Wildman–Crippen MR) is 85.3 cm³/mol. The van der Waals surface area contributed by atoms with Crippen molar-refractivity contribution in [3.05, 3.63) is 45.1 Å². The molecule has 8 heteroatoms. The third kappa shape index (κ3) is 3.70. The van der Waals surface area contributed by atoms with Crippen LogP contribution in [0.2, 0.25) is 0 Å². The van der Waals surface area contributed by atoms with Crippen LogP contribution in [0.25, 0.3) is 10.9 Å². The summed E-state index contributed by atoms with van der Waals surface area (Å²) in [5.74, 6) is -2.16. The van der Waals surface area contributed by atoms with E-state index in [0.717, 1.165) is 4.57 Å². The summed E-state index contributed by atoms with van der Waals surface area (Å²) in [5, 5.41) is 13.0. The number of rotatable bonds is 6. The number of carbonyl (C=O) groups excluding carboxylic acids is 2. The van der Waals surface area contributed by atoms with Gasteiger partial charge in [0.2, 0.25) is 5.91 Å². The molecular formula is C16H18N3O5-. The number of hydrogen-bond acceptors (Lipinski definition) is 5. The monoisotopic (exact) mass is 332 g/mol. The number of nitrogens with zero attached hydrogens (tertiary/aromatic N) is 1. The Bertz CT molecular complexity index is 881. The zero-order valence-corrected chi connectivity index (χ0v) is 13.4. The first-order valence-electron chi connectivity index (χ1n) is 7.52. The summed E-state index contributed by atoms with van der Waals surface area (Å²) in [7, 11) is 0. The van der Waals surface area contributed by atoms with Gasteiger partial charge in [-0.3, -0.25) is 9.59 Å². The van der Waals surface area contributed by atoms with Gasteiger partial charge in [0.1, 0.15) is 6.04 Å². The van der Waals surface area contributed by atoms with E-state index in [9.17, 15) is 24.3 Å². The van der Waals surface area contributed by atoms with Crippen LogP contribution in [-0.4, -0.2) is 28.0 Å². The molecule has 0 saturated carbocycles. The number of amides is 1. The van der Waals surface area contributed by atoms with Gasteiger partial charge in [0.05, 0.1) is 23.4 Å². The summed E-state index contributed by atoms with van der Waals surface area (Å²) in [6.07, 6.45) is 0.209. The van der Waals surface area contributed by atoms with E-state index in [1.807, 2.05) is 13.8 Å². The molecule has 2 aromatic rings. The standard InChI is InChI=1S/C16H19N3O5/c1-9(2)7-12(14(22)17-8-13(20)21)19-15(23)10-5-3-4-6-11(10)18-16(19)24/h3-6,9,12H,7-8H2,1-2H3,(H,17,22)(H,18,24)(H,20,21)/p-1/t12-/m0/s1. The predicted octanol–water partition coefficient (Wildman–Crippen LogP) is -0.857. The number of benzene rings is 1. The number of aromatic amines is 1. The number of carbonyl (C=O) groups is 2. The van der Waals surface area contributed by atoms with Crippen LogP contribution >= 0.6 is 0 Å². The molecule has 2 N–H and O–H groups in total. The van der Waals surface area contributed by atoms with Crippen molar-refractivity contribution < 1.29 is 14.7 Å². The van der Waals surface area contributed by atoms with Gasteiger partial charge in [-0.05, 0) is 24.5 Å². The number of carboxylic acid groups (broad SMARTS) is 1. The molecule has 0 saturated heterocycles. The van der Waals surface area contributed by atoms with Gasteiger partial charge in [0.25, 0.3) is 5.56 Å². The van der Waals surface area contributed by atoms with Gasteiger partial charge < -0.3 is 20.2 Å². The fourth-order valence-corrected chi connectivity index (χ4v) is 2.51. The van der Waals surface area contributed by atoms with E-state index in [4.69, 9.17) is 0 Å². The molecule has 1 atom stereocenters. The van der Waals surface area contributed by atoms with Gasteiger partial charge in [-0.2, -0.15) is 0 Å². The summed E-state index contributed by atoms with van der Waals surface area (Å²) in [6.45, 7) is 2.98. The number of para-hydroxylation sites is 1. The second kappa shape index (κ2) is 7.12. The summed E-state index contributed by atoms with van der Waals surface area (Å²) >= 11 is 0. The number of nitrogens with one attached hydrogen (secondary N) is 2. The molecule has 128 valence electrons. The number of fused-ring (bicyclic) bond motifs is 1. The van der Waals surface area contributed by atoms with E-state index >= 15 is 0 Å². The summed E-state index contributed by atoms with van der Waals surface area (Å²) in [5.41, 5.74) is -0.932. The average Bonchev–Trinajstić information content (AvgIpc) is 2.51. The van der Waals surface area contributed by atoms with Gasteiger partial charge >= 0.3 is 5.69 Å². The second-order valence-electron chi connectivity index (χ2n) is 5.89. The highest BCUT2D eigenvalue weighted by molar-refractivity contribution is 5.84. The van der Waals surface area contributed by atoms with Gasteiger partial charge in [0.15, 0.2) is 0 Å². The van der Waals surface area contributed by atoms with Gasteiger partial charge in [0, 0.05) is 0 Å². The maximum absolute atomic E-state index is 12.6. The van der Waals surface area contributed by atoms with Crippen LogP contribution in [-0.2, 0) is 9.59 Å². The van der Waals surface area contributed by atoms with E-state index in [-0.39, 0.29) is 17.7 Å². The van der Waals surface area contributed by atoms with Crippen molar-refractivity contribution >= 4 is 22.8 Å². The van der Waals surface area contributed by atoms with Crippen molar-refractivity contribution in [2.45, 2.75) is 26.3 Å². The van der Waals surface area contributed by atoms with E-state index in [1.165, 1.54) is 0 Å². The number of aliphatic carboxylic acids is 1. The van der Waals surface area contributed by atoms with E-state index in [1.54, 1.807) is 24.3 Å². The van der Waals surface area contributed by atoms with Gasteiger partial charge in [-0.25, -0.2) is 9.36 Å². The number of carboxylic acids is 1. The van der Waals surface area contributed by atoms with Crippen molar-refractivity contribution in [1.82, 2.24) is 14.9 Å². The van der Waals surface area contributed by atoms with Crippen molar-refractivity contribution in [2.75, 3.05) is 6.54 Å². The van der Waals surface area contributed by atoms with Crippen molar-refractivity contribution in [3.8, 4) is 0 Å². The van der Waals surface area contributed by atoms with Crippen LogP contribution in [0, 0.1) is 5.92 Å². The van der Waals surface area contributed by atoms with Crippen LogP contribution in [0.4, 0.5) is 0 Å². The minimum Gasteiger partial charge on any atom is -0.548 e. The fraction of sp³-hybridized carbons (Fsp3) is 0.375. The molecule has 0 aliphatic carbocycles. The lowest BCUT2D eigenvalue weighted by atomic mass is 10.0. The first-order valence-corrected chi connectivity index (χ1v) is 7.52. The molecule has 0 spiro atoms. The topological polar surface area (TPSA) is 124 Å². The molecule has 0 aliphatic heterocycles. The van der Waals surface area contributed by atoms with Crippen LogP contribution in [0.5, 0.6) is 0 Å². The van der Waals surface area contributed by atoms with Crippen LogP contribution < -0.4 is 21.7 Å². The Balaban J connectivity index is 2.55. The lowest BCUT2D eigenvalue weighted by molar-refractivity contribution is -0.304. The third-order valence-electron chi connectivity index (χ3n) is 3.55. The van der Waals surface area contributed by atoms with Crippen LogP contribution in [0.15, 0.2) is 33.9 Å². The molecule has 1 heterocycles. The molecule has 1 aromatic heterocycles. The summed E-state index contributed by atoms with van der Waals surface area (Å²) in [4.78, 5) is 50.4. The molecular weight excluding hydrogens is 314 g/mol. The first kappa shape index (κ1) is 17.5. The SMILES string of the molecule is CC(C)C[C@@H](C(=O)NCC(=O)[O-])n1c(=O)[nH]c2ccccc2c1=O. The zero-order chi connectivity index (χ0) is 17.9. The highest BCUT2D eigenvalue weighted by Crippen LogP contribution is 2.16. The quantitative estimate of drug-likeness (QED) is 0.712. The molecule has 0 radical (unpaired) electrons. The van der Waals surface area contributed by atoms with Crippen molar-refractivity contribution in [1.29, 1.82) is 0 Å². The highest BCUT2D eigenvalue weighted by atomic mass is 16.4. The zero-order valence-electron chi connectivity index (χ0n) is 13.4. The van der Waals surface area contributed by atoms with Crippen molar-refractivity contribution in [3.63, 3.8) is 0 Å². The Kier molecular flexibility index (Phi) is 5.18. The highest BCUT2D eigenvalue weighted by Gasteiger charge is 2.25. The normalized spacial score (nSPS) is 12.3. The minimum absolute atomic E-state index is 0.00136. The molecule has 1 amide bonds. The van der Waals surface area contributed by atoms with E-state index in [0.29, 0.717) is 5.52 Å². The smallest absolute Gasteiger partial charge is 0.329 e. The molecule has 8 nitrogen and oxygen atoms in total. The molecule has 2 rings (SSSR count). The van der Waals surface area contributed by atoms with Gasteiger partial charge in [-0.15, -0.1) is 0 Å². The van der Waals surface area contributed by atoms with Crippen LogP contribution in [0.3, 0.4) is 0 Å². The molecule has 1 aromatic carbocycles. The summed E-state index contributed by atoms with van der Waals surface area (Å²) < 4.78 is 0.840. The molecule has 0 aliphatic rings. The van der Waals surface area contributed by atoms with Crippen LogP contribution in [0.1, 0.15) is 26.3 Å². The first-order chi connectivity index (χ1) is 11.3. The Labute approximate surface area is 137 Å². The molecule has 0 unspecified atom stereocenters. The minimum atomic E-state index is -1.45. The number of H-pyrrole nitrogens is 1. The molecule has 24 heavy (non-hydrogen) atoms. The lowest BCUT2D eigenvalue weighted by Crippen LogP contribution is -2.47. The largest absolute Gasteiger partial charge is 0.548 e. The number of aromatic nitrogens is 2. The molecule has 0 fully saturated rings. The Morgan fingerprint density at radius 1 is 1.25 bits per heavy atom.